The van der Waals surface area contributed by atoms with Crippen molar-refractivity contribution in [1.82, 2.24) is 9.38 Å². The summed E-state index contributed by atoms with van der Waals surface area (Å²) < 4.78 is 11.7. The van der Waals surface area contributed by atoms with E-state index in [2.05, 4.69) is 32.3 Å². The number of rotatable bonds is 2. The number of fused-ring (bicyclic) bond motifs is 1. The van der Waals surface area contributed by atoms with Crippen LogP contribution in [0.3, 0.4) is 0 Å². The van der Waals surface area contributed by atoms with Crippen LogP contribution in [0.25, 0.3) is 5.65 Å². The third kappa shape index (κ3) is 2.05. The second-order valence-corrected chi connectivity index (χ2v) is 4.61. The molecule has 94 valence electrons. The van der Waals surface area contributed by atoms with E-state index in [4.69, 9.17) is 4.74 Å². The first kappa shape index (κ1) is 12.8. The van der Waals surface area contributed by atoms with Gasteiger partial charge in [0, 0.05) is 9.77 Å². The Bertz CT molecular complexity index is 681. The van der Waals surface area contributed by atoms with E-state index in [0.717, 1.165) is 3.57 Å². The van der Waals surface area contributed by atoms with E-state index in [1.807, 2.05) is 0 Å². The van der Waals surface area contributed by atoms with Crippen molar-refractivity contribution < 1.29 is 14.3 Å². The molecule has 0 unspecified atom stereocenters. The van der Waals surface area contributed by atoms with Crippen molar-refractivity contribution in [2.24, 2.45) is 0 Å². The molecule has 0 aliphatic rings. The van der Waals surface area contributed by atoms with Crippen LogP contribution in [0.5, 0.6) is 5.75 Å². The molecule has 0 saturated heterocycles. The van der Waals surface area contributed by atoms with Gasteiger partial charge in [-0.15, -0.1) is 0 Å². The zero-order valence-electron chi connectivity index (χ0n) is 9.64. The minimum absolute atomic E-state index is 0.119. The smallest absolute Gasteiger partial charge is 0.360 e. The SMILES string of the molecule is COC(=O)c1nc2ccc(I)cn2c(=O)c1OC. The van der Waals surface area contributed by atoms with Crippen molar-refractivity contribution >= 4 is 34.2 Å². The van der Waals surface area contributed by atoms with E-state index in [0.29, 0.717) is 5.65 Å². The fourth-order valence-corrected chi connectivity index (χ4v) is 1.97. The Kier molecular flexibility index (Phi) is 3.50. The second-order valence-electron chi connectivity index (χ2n) is 3.37. The van der Waals surface area contributed by atoms with E-state index < -0.39 is 11.5 Å². The molecule has 0 aliphatic heterocycles. The number of esters is 1. The number of nitrogens with zero attached hydrogens (tertiary/aromatic N) is 2. The maximum Gasteiger partial charge on any atom is 0.360 e. The van der Waals surface area contributed by atoms with Gasteiger partial charge in [-0.05, 0) is 34.7 Å². The molecule has 2 aromatic rings. The van der Waals surface area contributed by atoms with Crippen LogP contribution in [0.2, 0.25) is 0 Å². The van der Waals surface area contributed by atoms with Gasteiger partial charge in [-0.25, -0.2) is 9.78 Å². The fourth-order valence-electron chi connectivity index (χ4n) is 1.52. The summed E-state index contributed by atoms with van der Waals surface area (Å²) in [5, 5.41) is 0. The van der Waals surface area contributed by atoms with Crippen molar-refractivity contribution in [2.75, 3.05) is 14.2 Å². The van der Waals surface area contributed by atoms with Gasteiger partial charge in [-0.1, -0.05) is 0 Å². The molecule has 0 fully saturated rings. The third-order valence-electron chi connectivity index (χ3n) is 2.33. The van der Waals surface area contributed by atoms with Gasteiger partial charge in [0.15, 0.2) is 5.69 Å². The predicted octanol–water partition coefficient (Wildman–Crippen LogP) is 1.09. The predicted molar refractivity (Wildman–Crippen MR) is 72.1 cm³/mol. The summed E-state index contributed by atoms with van der Waals surface area (Å²) in [5.41, 5.74) is -0.200. The van der Waals surface area contributed by atoms with Crippen LogP contribution in [-0.4, -0.2) is 29.6 Å². The first-order valence-corrected chi connectivity index (χ1v) is 6.00. The van der Waals surface area contributed by atoms with E-state index in [1.165, 1.54) is 18.6 Å². The molecule has 0 bridgehead atoms. The van der Waals surface area contributed by atoms with Crippen LogP contribution in [0.15, 0.2) is 23.1 Å². The fraction of sp³-hybridized carbons (Fsp3) is 0.182. The second kappa shape index (κ2) is 4.92. The maximum atomic E-state index is 12.1. The summed E-state index contributed by atoms with van der Waals surface area (Å²) in [6.07, 6.45) is 1.62. The Balaban J connectivity index is 2.86. The van der Waals surface area contributed by atoms with E-state index >= 15 is 0 Å². The number of carbonyl (C=O) groups excluding carboxylic acids is 1. The van der Waals surface area contributed by atoms with Crippen molar-refractivity contribution in [2.45, 2.75) is 0 Å². The number of pyridine rings is 1. The average molecular weight is 360 g/mol. The number of methoxy groups -OCH3 is 2. The van der Waals surface area contributed by atoms with Crippen LogP contribution in [0.4, 0.5) is 0 Å². The number of halogens is 1. The monoisotopic (exact) mass is 360 g/mol. The van der Waals surface area contributed by atoms with Crippen LogP contribution >= 0.6 is 22.6 Å². The Morgan fingerprint density at radius 2 is 2.11 bits per heavy atom. The molecular weight excluding hydrogens is 351 g/mol. The lowest BCUT2D eigenvalue weighted by Gasteiger charge is -2.08. The van der Waals surface area contributed by atoms with Crippen molar-refractivity contribution in [3.8, 4) is 5.75 Å². The third-order valence-corrected chi connectivity index (χ3v) is 2.97. The molecule has 0 N–H and O–H groups in total. The highest BCUT2D eigenvalue weighted by atomic mass is 127. The summed E-state index contributed by atoms with van der Waals surface area (Å²) in [5.74, 6) is -0.827. The van der Waals surface area contributed by atoms with E-state index in [9.17, 15) is 9.59 Å². The lowest BCUT2D eigenvalue weighted by Crippen LogP contribution is -2.22. The highest BCUT2D eigenvalue weighted by Gasteiger charge is 2.20. The first-order valence-electron chi connectivity index (χ1n) is 4.92. The molecule has 0 radical (unpaired) electrons. The molecule has 0 spiro atoms. The molecular formula is C11H9IN2O4. The lowest BCUT2D eigenvalue weighted by atomic mass is 10.3. The van der Waals surface area contributed by atoms with Gasteiger partial charge < -0.3 is 9.47 Å². The topological polar surface area (TPSA) is 69.9 Å². The van der Waals surface area contributed by atoms with Gasteiger partial charge in [0.1, 0.15) is 5.65 Å². The van der Waals surface area contributed by atoms with Crippen LogP contribution in [0, 0.1) is 3.57 Å². The molecule has 0 amide bonds. The lowest BCUT2D eigenvalue weighted by molar-refractivity contribution is 0.0590. The number of carbonyl (C=O) groups is 1. The van der Waals surface area contributed by atoms with Gasteiger partial charge in [0.25, 0.3) is 0 Å². The maximum absolute atomic E-state index is 12.1. The minimum Gasteiger partial charge on any atom is -0.489 e. The van der Waals surface area contributed by atoms with Gasteiger partial charge in [0.05, 0.1) is 14.2 Å². The summed E-state index contributed by atoms with van der Waals surface area (Å²) in [4.78, 5) is 27.8. The standard InChI is InChI=1S/C11H9IN2O4/c1-17-9-8(11(16)18-2)13-7-4-3-6(12)5-14(7)10(9)15/h3-5H,1-2H3. The minimum atomic E-state index is -0.704. The Morgan fingerprint density at radius 3 is 2.72 bits per heavy atom. The molecule has 2 rings (SSSR count). The van der Waals surface area contributed by atoms with Crippen LogP contribution < -0.4 is 10.3 Å². The van der Waals surface area contributed by atoms with E-state index in [1.54, 1.807) is 18.3 Å². The highest BCUT2D eigenvalue weighted by Crippen LogP contribution is 2.14. The summed E-state index contributed by atoms with van der Waals surface area (Å²) in [6.45, 7) is 0. The quantitative estimate of drug-likeness (QED) is 0.593. The molecule has 0 aliphatic carbocycles. The van der Waals surface area contributed by atoms with Crippen LogP contribution in [-0.2, 0) is 4.74 Å². The number of aromatic nitrogens is 2. The first-order chi connectivity index (χ1) is 8.58. The zero-order chi connectivity index (χ0) is 13.3. The largest absolute Gasteiger partial charge is 0.489 e. The molecule has 0 aromatic carbocycles. The summed E-state index contributed by atoms with van der Waals surface area (Å²) >= 11 is 2.08. The van der Waals surface area contributed by atoms with E-state index in [-0.39, 0.29) is 11.4 Å². The zero-order valence-corrected chi connectivity index (χ0v) is 11.8. The van der Waals surface area contributed by atoms with Crippen molar-refractivity contribution in [3.05, 3.63) is 37.9 Å². The van der Waals surface area contributed by atoms with Gasteiger partial charge in [0.2, 0.25) is 5.75 Å². The number of ether oxygens (including phenoxy) is 2. The van der Waals surface area contributed by atoms with Crippen molar-refractivity contribution in [1.29, 1.82) is 0 Å². The van der Waals surface area contributed by atoms with Crippen LogP contribution in [0.1, 0.15) is 10.5 Å². The Hall–Kier alpha value is -1.64. The molecule has 0 atom stereocenters. The molecule has 18 heavy (non-hydrogen) atoms. The Morgan fingerprint density at radius 1 is 1.39 bits per heavy atom. The average Bonchev–Trinajstić information content (AvgIpc) is 2.38. The number of hydrogen-bond donors (Lipinski definition) is 0. The molecule has 0 saturated carbocycles. The van der Waals surface area contributed by atoms with Crippen molar-refractivity contribution in [3.63, 3.8) is 0 Å². The molecule has 7 heteroatoms. The Labute approximate surface area is 116 Å². The van der Waals surface area contributed by atoms with Gasteiger partial charge in [-0.2, -0.15) is 0 Å². The van der Waals surface area contributed by atoms with Gasteiger partial charge >= 0.3 is 11.5 Å². The van der Waals surface area contributed by atoms with Gasteiger partial charge in [-0.3, -0.25) is 9.20 Å². The molecule has 2 aromatic heterocycles. The normalized spacial score (nSPS) is 10.4. The summed E-state index contributed by atoms with van der Waals surface area (Å²) in [6, 6.07) is 3.44. The summed E-state index contributed by atoms with van der Waals surface area (Å²) in [7, 11) is 2.53. The molecule has 2 heterocycles. The highest BCUT2D eigenvalue weighted by molar-refractivity contribution is 14.1. The number of hydrogen-bond acceptors (Lipinski definition) is 5. The molecule has 6 nitrogen and oxygen atoms in total.